The van der Waals surface area contributed by atoms with Crippen molar-refractivity contribution in [1.82, 2.24) is 0 Å². The standard InChI is InChI=1S/C8H13NO2S/c1-4-12-8(9)7(5(2)10)6(3)11/h9-10H,4H2,1-3H3/b7-5+,9-8?. The Bertz CT molecular complexity index is 229. The van der Waals surface area contributed by atoms with Crippen molar-refractivity contribution < 1.29 is 9.90 Å². The number of rotatable bonds is 3. The number of Topliss-reactive ketones (excluding diaryl/α,β-unsaturated/α-hetero) is 1. The van der Waals surface area contributed by atoms with E-state index in [1.165, 1.54) is 25.6 Å². The molecule has 0 aromatic carbocycles. The summed E-state index contributed by atoms with van der Waals surface area (Å²) in [4.78, 5) is 10.9. The fraction of sp³-hybridized carbons (Fsp3) is 0.500. The number of hydrogen-bond donors (Lipinski definition) is 2. The van der Waals surface area contributed by atoms with Gasteiger partial charge in [0.15, 0.2) is 5.78 Å². The van der Waals surface area contributed by atoms with Crippen LogP contribution in [0.2, 0.25) is 0 Å². The molecule has 0 aromatic heterocycles. The first-order valence-corrected chi connectivity index (χ1v) is 4.61. The van der Waals surface area contributed by atoms with Gasteiger partial charge in [-0.25, -0.2) is 0 Å². The van der Waals surface area contributed by atoms with Gasteiger partial charge in [0.1, 0.15) is 10.8 Å². The Balaban J connectivity index is 4.67. The molecule has 0 atom stereocenters. The second-order valence-corrected chi connectivity index (χ2v) is 3.55. The first kappa shape index (κ1) is 11.2. The summed E-state index contributed by atoms with van der Waals surface area (Å²) in [5.41, 5.74) is 0.127. The topological polar surface area (TPSA) is 61.2 Å². The summed E-state index contributed by atoms with van der Waals surface area (Å²) in [6.45, 7) is 4.66. The zero-order valence-electron chi connectivity index (χ0n) is 7.47. The molecule has 0 saturated carbocycles. The quantitative estimate of drug-likeness (QED) is 0.308. The van der Waals surface area contributed by atoms with Crippen LogP contribution in [0.15, 0.2) is 11.3 Å². The average molecular weight is 187 g/mol. The Hall–Kier alpha value is -0.770. The molecule has 4 heteroatoms. The van der Waals surface area contributed by atoms with Crippen LogP contribution in [0, 0.1) is 5.41 Å². The molecular weight excluding hydrogens is 174 g/mol. The number of aliphatic hydroxyl groups is 1. The van der Waals surface area contributed by atoms with Crippen molar-refractivity contribution >= 4 is 22.6 Å². The number of carbonyl (C=O) groups excluding carboxylic acids is 1. The molecule has 0 radical (unpaired) electrons. The molecule has 0 unspecified atom stereocenters. The van der Waals surface area contributed by atoms with Crippen LogP contribution in [0.4, 0.5) is 0 Å². The summed E-state index contributed by atoms with van der Waals surface area (Å²) < 4.78 is 0. The van der Waals surface area contributed by atoms with Crippen molar-refractivity contribution in [2.45, 2.75) is 20.8 Å². The number of thioether (sulfide) groups is 1. The number of carbonyl (C=O) groups is 1. The molecule has 0 aromatic rings. The number of allylic oxidation sites excluding steroid dienone is 1. The van der Waals surface area contributed by atoms with E-state index in [1.807, 2.05) is 6.92 Å². The van der Waals surface area contributed by atoms with Crippen LogP contribution in [0.1, 0.15) is 20.8 Å². The molecular formula is C8H13NO2S. The van der Waals surface area contributed by atoms with E-state index in [2.05, 4.69) is 0 Å². The van der Waals surface area contributed by atoms with E-state index in [1.54, 1.807) is 0 Å². The Morgan fingerprint density at radius 3 is 2.25 bits per heavy atom. The highest BCUT2D eigenvalue weighted by molar-refractivity contribution is 8.14. The van der Waals surface area contributed by atoms with Gasteiger partial charge in [0.2, 0.25) is 0 Å². The van der Waals surface area contributed by atoms with E-state index < -0.39 is 0 Å². The second-order valence-electron chi connectivity index (χ2n) is 2.28. The molecule has 2 N–H and O–H groups in total. The third-order valence-corrected chi connectivity index (χ3v) is 2.01. The molecule has 0 fully saturated rings. The normalized spacial score (nSPS) is 12.2. The molecule has 0 saturated heterocycles. The van der Waals surface area contributed by atoms with E-state index in [0.717, 1.165) is 5.75 Å². The van der Waals surface area contributed by atoms with Crippen LogP contribution in [-0.2, 0) is 4.79 Å². The van der Waals surface area contributed by atoms with Crippen molar-refractivity contribution in [3.63, 3.8) is 0 Å². The van der Waals surface area contributed by atoms with Gasteiger partial charge in [0, 0.05) is 0 Å². The maximum absolute atomic E-state index is 10.9. The fourth-order valence-electron chi connectivity index (χ4n) is 0.795. The molecule has 0 spiro atoms. The molecule has 0 aliphatic heterocycles. The minimum Gasteiger partial charge on any atom is -0.512 e. The monoisotopic (exact) mass is 187 g/mol. The molecule has 0 amide bonds. The van der Waals surface area contributed by atoms with Crippen LogP contribution in [0.5, 0.6) is 0 Å². The lowest BCUT2D eigenvalue weighted by Crippen LogP contribution is -2.08. The minimum absolute atomic E-state index is 0.0755. The predicted octanol–water partition coefficient (Wildman–Crippen LogP) is 2.14. The Morgan fingerprint density at radius 1 is 1.50 bits per heavy atom. The third kappa shape index (κ3) is 3.09. The summed E-state index contributed by atoms with van der Waals surface area (Å²) >= 11 is 1.24. The lowest BCUT2D eigenvalue weighted by atomic mass is 10.2. The first-order valence-electron chi connectivity index (χ1n) is 3.63. The Morgan fingerprint density at radius 2 is 2.00 bits per heavy atom. The van der Waals surface area contributed by atoms with Crippen LogP contribution in [0.25, 0.3) is 0 Å². The fourth-order valence-corrected chi connectivity index (χ4v) is 1.52. The molecule has 0 bridgehead atoms. The summed E-state index contributed by atoms with van der Waals surface area (Å²) in [5, 5.41) is 16.7. The first-order chi connectivity index (χ1) is 5.50. The van der Waals surface area contributed by atoms with E-state index in [9.17, 15) is 4.79 Å². The number of ketones is 1. The molecule has 68 valence electrons. The SMILES string of the molecule is CCSC(=N)/C(C(C)=O)=C(\C)O. The van der Waals surface area contributed by atoms with Gasteiger partial charge in [-0.05, 0) is 19.6 Å². The second kappa shape index (κ2) is 4.98. The summed E-state index contributed by atoms with van der Waals surface area (Å²) in [6, 6.07) is 0. The largest absolute Gasteiger partial charge is 0.512 e. The van der Waals surface area contributed by atoms with Crippen LogP contribution >= 0.6 is 11.8 Å². The van der Waals surface area contributed by atoms with E-state index in [0.29, 0.717) is 0 Å². The van der Waals surface area contributed by atoms with E-state index in [-0.39, 0.29) is 22.2 Å². The number of hydrogen-bond acceptors (Lipinski definition) is 4. The van der Waals surface area contributed by atoms with Crippen molar-refractivity contribution in [3.8, 4) is 0 Å². The molecule has 0 aliphatic rings. The maximum atomic E-state index is 10.9. The minimum atomic E-state index is -0.263. The van der Waals surface area contributed by atoms with Gasteiger partial charge in [0.25, 0.3) is 0 Å². The van der Waals surface area contributed by atoms with Crippen LogP contribution in [0.3, 0.4) is 0 Å². The van der Waals surface area contributed by atoms with Crippen LogP contribution < -0.4 is 0 Å². The van der Waals surface area contributed by atoms with Gasteiger partial charge < -0.3 is 5.11 Å². The highest BCUT2D eigenvalue weighted by Gasteiger charge is 2.13. The van der Waals surface area contributed by atoms with Gasteiger partial charge >= 0.3 is 0 Å². The Kier molecular flexibility index (Phi) is 4.66. The predicted molar refractivity (Wildman–Crippen MR) is 51.9 cm³/mol. The zero-order valence-corrected chi connectivity index (χ0v) is 8.29. The van der Waals surface area contributed by atoms with Gasteiger partial charge in [-0.15, -0.1) is 11.8 Å². The van der Waals surface area contributed by atoms with Gasteiger partial charge in [-0.3, -0.25) is 10.2 Å². The number of aliphatic hydroxyl groups excluding tert-OH is 1. The Labute approximate surface area is 76.4 Å². The molecule has 12 heavy (non-hydrogen) atoms. The molecule has 0 aliphatic carbocycles. The van der Waals surface area contributed by atoms with Crippen LogP contribution in [-0.4, -0.2) is 21.7 Å². The summed E-state index contributed by atoms with van der Waals surface area (Å²) in [5.74, 6) is 0.387. The van der Waals surface area contributed by atoms with E-state index in [4.69, 9.17) is 10.5 Å². The smallest absolute Gasteiger partial charge is 0.165 e. The van der Waals surface area contributed by atoms with Gasteiger partial charge in [-0.1, -0.05) is 6.92 Å². The molecule has 0 heterocycles. The molecule has 0 rings (SSSR count). The van der Waals surface area contributed by atoms with E-state index >= 15 is 0 Å². The zero-order chi connectivity index (χ0) is 9.72. The van der Waals surface area contributed by atoms with Crippen molar-refractivity contribution in [2.24, 2.45) is 0 Å². The third-order valence-electron chi connectivity index (χ3n) is 1.23. The van der Waals surface area contributed by atoms with Gasteiger partial charge in [-0.2, -0.15) is 0 Å². The van der Waals surface area contributed by atoms with Crippen molar-refractivity contribution in [3.05, 3.63) is 11.3 Å². The highest BCUT2D eigenvalue weighted by atomic mass is 32.2. The highest BCUT2D eigenvalue weighted by Crippen LogP contribution is 2.14. The lowest BCUT2D eigenvalue weighted by Gasteiger charge is -2.04. The maximum Gasteiger partial charge on any atom is 0.165 e. The lowest BCUT2D eigenvalue weighted by molar-refractivity contribution is -0.113. The van der Waals surface area contributed by atoms with Crippen molar-refractivity contribution in [1.29, 1.82) is 5.41 Å². The van der Waals surface area contributed by atoms with Crippen molar-refractivity contribution in [2.75, 3.05) is 5.75 Å². The van der Waals surface area contributed by atoms with Gasteiger partial charge in [0.05, 0.1) is 5.57 Å². The molecule has 3 nitrogen and oxygen atoms in total. The summed E-state index contributed by atoms with van der Waals surface area (Å²) in [7, 11) is 0. The summed E-state index contributed by atoms with van der Waals surface area (Å²) in [6.07, 6.45) is 0. The number of nitrogens with one attached hydrogen (secondary N) is 1. The average Bonchev–Trinajstić information content (AvgIpc) is 1.85.